The predicted octanol–water partition coefficient (Wildman–Crippen LogP) is 3.15. The Morgan fingerprint density at radius 3 is 2.91 bits per heavy atom. The van der Waals surface area contributed by atoms with Gasteiger partial charge in [0.1, 0.15) is 0 Å². The molecular formula is C16H23ClIN3O. The van der Waals surface area contributed by atoms with Crippen LogP contribution in [0.4, 0.5) is 0 Å². The van der Waals surface area contributed by atoms with Crippen molar-refractivity contribution >= 4 is 41.5 Å². The number of hydrogen-bond acceptors (Lipinski definition) is 2. The molecular weight excluding hydrogens is 413 g/mol. The van der Waals surface area contributed by atoms with E-state index in [1.807, 2.05) is 31.3 Å². The smallest absolute Gasteiger partial charge is 0.193 e. The summed E-state index contributed by atoms with van der Waals surface area (Å²) in [6, 6.07) is 7.91. The third kappa shape index (κ3) is 3.86. The Kier molecular flexibility index (Phi) is 6.35. The molecule has 0 bridgehead atoms. The highest BCUT2D eigenvalue weighted by Crippen LogP contribution is 2.38. The highest BCUT2D eigenvalue weighted by molar-refractivity contribution is 14.0. The van der Waals surface area contributed by atoms with Crippen molar-refractivity contribution in [3.63, 3.8) is 0 Å². The molecule has 2 aliphatic rings. The van der Waals surface area contributed by atoms with Crippen LogP contribution in [0.25, 0.3) is 0 Å². The first-order valence-corrected chi connectivity index (χ1v) is 7.87. The molecule has 0 aromatic heterocycles. The van der Waals surface area contributed by atoms with E-state index in [0.717, 1.165) is 42.8 Å². The Morgan fingerprint density at radius 2 is 2.23 bits per heavy atom. The average molecular weight is 436 g/mol. The molecule has 0 saturated carbocycles. The zero-order valence-corrected chi connectivity index (χ0v) is 15.9. The van der Waals surface area contributed by atoms with Crippen molar-refractivity contribution in [2.24, 2.45) is 10.4 Å². The van der Waals surface area contributed by atoms with Crippen LogP contribution in [0.1, 0.15) is 18.4 Å². The zero-order valence-electron chi connectivity index (χ0n) is 12.8. The third-order valence-electron chi connectivity index (χ3n) is 4.53. The van der Waals surface area contributed by atoms with Crippen molar-refractivity contribution in [2.75, 3.05) is 33.4 Å². The quantitative estimate of drug-likeness (QED) is 0.440. The van der Waals surface area contributed by atoms with Gasteiger partial charge < -0.3 is 15.0 Å². The first-order chi connectivity index (χ1) is 10.2. The average Bonchev–Trinajstić information content (AvgIpc) is 3.12. The molecule has 2 fully saturated rings. The summed E-state index contributed by atoms with van der Waals surface area (Å²) < 4.78 is 5.58. The monoisotopic (exact) mass is 435 g/mol. The SMILES string of the molecule is CN=C(NCc1ccccc1Cl)N1CCC2(CCOC2)C1.I. The van der Waals surface area contributed by atoms with Crippen LogP contribution in [0.3, 0.4) is 0 Å². The number of aliphatic imine (C=N–C) groups is 1. The molecule has 1 N–H and O–H groups in total. The van der Waals surface area contributed by atoms with Crippen molar-refractivity contribution < 1.29 is 4.74 Å². The Morgan fingerprint density at radius 1 is 1.41 bits per heavy atom. The van der Waals surface area contributed by atoms with Crippen molar-refractivity contribution in [1.82, 2.24) is 10.2 Å². The van der Waals surface area contributed by atoms with Gasteiger partial charge in [0.25, 0.3) is 0 Å². The van der Waals surface area contributed by atoms with E-state index in [9.17, 15) is 0 Å². The van der Waals surface area contributed by atoms with E-state index in [0.29, 0.717) is 12.0 Å². The molecule has 1 unspecified atom stereocenters. The summed E-state index contributed by atoms with van der Waals surface area (Å²) >= 11 is 6.20. The standard InChI is InChI=1S/C16H22ClN3O.HI/c1-18-15(19-10-13-4-2-3-5-14(13)17)20-8-6-16(11-20)7-9-21-12-16;/h2-5H,6-12H2,1H3,(H,18,19);1H. The number of benzene rings is 1. The fourth-order valence-electron chi connectivity index (χ4n) is 3.24. The minimum absolute atomic E-state index is 0. The van der Waals surface area contributed by atoms with Crippen LogP contribution in [-0.4, -0.2) is 44.2 Å². The maximum atomic E-state index is 6.20. The molecule has 2 saturated heterocycles. The van der Waals surface area contributed by atoms with Crippen molar-refractivity contribution in [3.8, 4) is 0 Å². The number of halogens is 2. The lowest BCUT2D eigenvalue weighted by Crippen LogP contribution is -2.41. The summed E-state index contributed by atoms with van der Waals surface area (Å²) in [6.07, 6.45) is 2.37. The molecule has 1 spiro atoms. The highest BCUT2D eigenvalue weighted by Gasteiger charge is 2.42. The molecule has 2 heterocycles. The third-order valence-corrected chi connectivity index (χ3v) is 4.90. The van der Waals surface area contributed by atoms with Gasteiger partial charge in [0.05, 0.1) is 6.61 Å². The normalized spacial score (nSPS) is 24.6. The van der Waals surface area contributed by atoms with Crippen LogP contribution < -0.4 is 5.32 Å². The van der Waals surface area contributed by atoms with Crippen LogP contribution >= 0.6 is 35.6 Å². The zero-order chi connectivity index (χ0) is 14.7. The topological polar surface area (TPSA) is 36.9 Å². The number of likely N-dealkylation sites (tertiary alicyclic amines) is 1. The van der Waals surface area contributed by atoms with Gasteiger partial charge in [-0.15, -0.1) is 24.0 Å². The Balaban J connectivity index is 0.00000176. The minimum Gasteiger partial charge on any atom is -0.381 e. The van der Waals surface area contributed by atoms with E-state index in [2.05, 4.69) is 15.2 Å². The van der Waals surface area contributed by atoms with Crippen molar-refractivity contribution in [2.45, 2.75) is 19.4 Å². The molecule has 1 atom stereocenters. The fourth-order valence-corrected chi connectivity index (χ4v) is 3.44. The molecule has 0 amide bonds. The summed E-state index contributed by atoms with van der Waals surface area (Å²) in [7, 11) is 1.84. The summed E-state index contributed by atoms with van der Waals surface area (Å²) in [5.41, 5.74) is 1.44. The lowest BCUT2D eigenvalue weighted by atomic mass is 9.87. The predicted molar refractivity (Wildman–Crippen MR) is 101 cm³/mol. The van der Waals surface area contributed by atoms with Gasteiger partial charge in [0.2, 0.25) is 0 Å². The molecule has 6 heteroatoms. The number of hydrogen-bond donors (Lipinski definition) is 1. The van der Waals surface area contributed by atoms with Crippen LogP contribution in [0, 0.1) is 5.41 Å². The summed E-state index contributed by atoms with van der Waals surface area (Å²) in [5.74, 6) is 0.957. The summed E-state index contributed by atoms with van der Waals surface area (Å²) in [6.45, 7) is 4.58. The molecule has 1 aromatic rings. The highest BCUT2D eigenvalue weighted by atomic mass is 127. The largest absolute Gasteiger partial charge is 0.381 e. The fraction of sp³-hybridized carbons (Fsp3) is 0.562. The maximum Gasteiger partial charge on any atom is 0.193 e. The van der Waals surface area contributed by atoms with Gasteiger partial charge in [0.15, 0.2) is 5.96 Å². The second-order valence-corrected chi connectivity index (χ2v) is 6.37. The number of ether oxygens (including phenoxy) is 1. The molecule has 22 heavy (non-hydrogen) atoms. The molecule has 4 nitrogen and oxygen atoms in total. The van der Waals surface area contributed by atoms with E-state index in [1.54, 1.807) is 0 Å². The lowest BCUT2D eigenvalue weighted by molar-refractivity contribution is 0.156. The van der Waals surface area contributed by atoms with E-state index in [1.165, 1.54) is 12.8 Å². The molecule has 1 aromatic carbocycles. The number of rotatable bonds is 2. The van der Waals surface area contributed by atoms with Gasteiger partial charge in [-0.25, -0.2) is 0 Å². The van der Waals surface area contributed by atoms with Crippen LogP contribution in [0.15, 0.2) is 29.3 Å². The van der Waals surface area contributed by atoms with Gasteiger partial charge in [0, 0.05) is 43.7 Å². The molecule has 2 aliphatic heterocycles. The van der Waals surface area contributed by atoms with Crippen LogP contribution in [0.2, 0.25) is 5.02 Å². The summed E-state index contributed by atoms with van der Waals surface area (Å²) in [4.78, 5) is 6.76. The van der Waals surface area contributed by atoms with Crippen LogP contribution in [-0.2, 0) is 11.3 Å². The number of guanidine groups is 1. The lowest BCUT2D eigenvalue weighted by Gasteiger charge is -2.25. The van der Waals surface area contributed by atoms with Gasteiger partial charge in [-0.3, -0.25) is 4.99 Å². The Labute approximate surface area is 154 Å². The van der Waals surface area contributed by atoms with Crippen molar-refractivity contribution in [3.05, 3.63) is 34.9 Å². The summed E-state index contributed by atoms with van der Waals surface area (Å²) in [5, 5.41) is 4.22. The second-order valence-electron chi connectivity index (χ2n) is 5.97. The minimum atomic E-state index is 0. The first-order valence-electron chi connectivity index (χ1n) is 7.49. The van der Waals surface area contributed by atoms with Gasteiger partial charge in [-0.05, 0) is 24.5 Å². The van der Waals surface area contributed by atoms with Gasteiger partial charge in [-0.2, -0.15) is 0 Å². The van der Waals surface area contributed by atoms with Gasteiger partial charge >= 0.3 is 0 Å². The number of nitrogens with zero attached hydrogens (tertiary/aromatic N) is 2. The van der Waals surface area contributed by atoms with E-state index in [4.69, 9.17) is 16.3 Å². The first kappa shape index (κ1) is 17.8. The van der Waals surface area contributed by atoms with Crippen LogP contribution in [0.5, 0.6) is 0 Å². The second kappa shape index (κ2) is 7.84. The maximum absolute atomic E-state index is 6.20. The van der Waals surface area contributed by atoms with Crippen molar-refractivity contribution in [1.29, 1.82) is 0 Å². The molecule has 0 aliphatic carbocycles. The Bertz CT molecular complexity index is 532. The number of nitrogens with one attached hydrogen (secondary N) is 1. The Hall–Kier alpha value is -0.530. The molecule has 3 rings (SSSR count). The van der Waals surface area contributed by atoms with E-state index in [-0.39, 0.29) is 24.0 Å². The van der Waals surface area contributed by atoms with E-state index >= 15 is 0 Å². The van der Waals surface area contributed by atoms with E-state index < -0.39 is 0 Å². The van der Waals surface area contributed by atoms with Gasteiger partial charge in [-0.1, -0.05) is 29.8 Å². The molecule has 122 valence electrons. The molecule has 0 radical (unpaired) electrons.